The highest BCUT2D eigenvalue weighted by molar-refractivity contribution is 5.83. The number of carbonyl (C=O) groups excluding carboxylic acids is 2. The molecular weight excluding hydrogens is 318 g/mol. The number of amides is 2. The van der Waals surface area contributed by atoms with E-state index in [9.17, 15) is 9.59 Å². The highest BCUT2D eigenvalue weighted by Crippen LogP contribution is 2.38. The van der Waals surface area contributed by atoms with Crippen LogP contribution in [-0.2, 0) is 14.3 Å². The number of hydrogen-bond acceptors (Lipinski definition) is 4. The number of nitrogens with zero attached hydrogens (tertiary/aromatic N) is 2. The van der Waals surface area contributed by atoms with Gasteiger partial charge in [0.2, 0.25) is 11.8 Å². The summed E-state index contributed by atoms with van der Waals surface area (Å²) in [7, 11) is 2.12. The predicted molar refractivity (Wildman–Crippen MR) is 96.4 cm³/mol. The topological polar surface area (TPSA) is 61.9 Å². The van der Waals surface area contributed by atoms with Crippen molar-refractivity contribution in [1.29, 1.82) is 0 Å². The molecule has 6 nitrogen and oxygen atoms in total. The summed E-state index contributed by atoms with van der Waals surface area (Å²) in [5, 5.41) is 2.58. The highest BCUT2D eigenvalue weighted by atomic mass is 16.5. The lowest BCUT2D eigenvalue weighted by Crippen LogP contribution is -2.49. The van der Waals surface area contributed by atoms with Crippen LogP contribution in [0.5, 0.6) is 0 Å². The van der Waals surface area contributed by atoms with Crippen LogP contribution in [0.25, 0.3) is 0 Å². The van der Waals surface area contributed by atoms with Gasteiger partial charge >= 0.3 is 0 Å². The second-order valence-electron chi connectivity index (χ2n) is 7.09. The minimum absolute atomic E-state index is 0.0130. The van der Waals surface area contributed by atoms with Gasteiger partial charge in [0.1, 0.15) is 0 Å². The maximum absolute atomic E-state index is 12.1. The predicted octanol–water partition coefficient (Wildman–Crippen LogP) is 1.41. The van der Waals surface area contributed by atoms with E-state index < -0.39 is 0 Å². The Bertz CT molecular complexity index is 612. The molecule has 0 saturated carbocycles. The standard InChI is InChI=1S/C19H27N3O3/c1-15(23)20-13-18(24)22-10-8-19(9-11-22)12-17(14-25-19)21(2)16-6-4-3-5-7-16/h3-7,17H,8-14H2,1-2H3,(H,20,23). The number of hydrogen-bond donors (Lipinski definition) is 1. The van der Waals surface area contributed by atoms with Gasteiger partial charge in [-0.3, -0.25) is 9.59 Å². The van der Waals surface area contributed by atoms with E-state index >= 15 is 0 Å². The smallest absolute Gasteiger partial charge is 0.241 e. The number of benzene rings is 1. The molecule has 1 unspecified atom stereocenters. The second-order valence-corrected chi connectivity index (χ2v) is 7.09. The molecule has 2 heterocycles. The molecule has 0 radical (unpaired) electrons. The lowest BCUT2D eigenvalue weighted by molar-refractivity contribution is -0.136. The van der Waals surface area contributed by atoms with Crippen molar-refractivity contribution in [2.75, 3.05) is 38.2 Å². The summed E-state index contributed by atoms with van der Waals surface area (Å²) in [6.45, 7) is 3.63. The zero-order valence-electron chi connectivity index (χ0n) is 15.0. The van der Waals surface area contributed by atoms with Gasteiger partial charge in [0.15, 0.2) is 0 Å². The van der Waals surface area contributed by atoms with Gasteiger partial charge in [-0.25, -0.2) is 0 Å². The van der Waals surface area contributed by atoms with Crippen LogP contribution in [0.2, 0.25) is 0 Å². The number of carbonyl (C=O) groups is 2. The Labute approximate surface area is 149 Å². The lowest BCUT2D eigenvalue weighted by atomic mass is 9.87. The minimum atomic E-state index is -0.173. The third-order valence-corrected chi connectivity index (χ3v) is 5.42. The van der Waals surface area contributed by atoms with Crippen molar-refractivity contribution in [2.45, 2.75) is 37.8 Å². The normalized spacial score (nSPS) is 22.0. The molecular formula is C19H27N3O3. The van der Waals surface area contributed by atoms with Crippen LogP contribution in [0.3, 0.4) is 0 Å². The molecule has 0 aliphatic carbocycles. The van der Waals surface area contributed by atoms with Crippen molar-refractivity contribution in [2.24, 2.45) is 0 Å². The molecule has 0 aromatic heterocycles. The average molecular weight is 345 g/mol. The molecule has 6 heteroatoms. The van der Waals surface area contributed by atoms with Crippen molar-refractivity contribution in [3.05, 3.63) is 30.3 Å². The molecule has 3 rings (SSSR count). The molecule has 2 amide bonds. The Morgan fingerprint density at radius 2 is 1.96 bits per heavy atom. The monoisotopic (exact) mass is 345 g/mol. The molecule has 136 valence electrons. The molecule has 2 aliphatic rings. The first kappa shape index (κ1) is 17.7. The zero-order chi connectivity index (χ0) is 17.9. The zero-order valence-corrected chi connectivity index (χ0v) is 15.0. The van der Waals surface area contributed by atoms with E-state index in [1.54, 1.807) is 0 Å². The van der Waals surface area contributed by atoms with Crippen LogP contribution in [0.15, 0.2) is 30.3 Å². The first-order chi connectivity index (χ1) is 12.0. The SMILES string of the molecule is CC(=O)NCC(=O)N1CCC2(CC1)CC(N(C)c1ccccc1)CO2. The largest absolute Gasteiger partial charge is 0.373 e. The van der Waals surface area contributed by atoms with Gasteiger partial charge in [0.25, 0.3) is 0 Å². The van der Waals surface area contributed by atoms with Crippen molar-refractivity contribution < 1.29 is 14.3 Å². The van der Waals surface area contributed by atoms with Crippen LogP contribution in [-0.4, -0.2) is 61.6 Å². The quantitative estimate of drug-likeness (QED) is 0.896. The fourth-order valence-corrected chi connectivity index (χ4v) is 3.77. The van der Waals surface area contributed by atoms with Crippen LogP contribution < -0.4 is 10.2 Å². The van der Waals surface area contributed by atoms with Crippen LogP contribution >= 0.6 is 0 Å². The molecule has 1 N–H and O–H groups in total. The number of nitrogens with one attached hydrogen (secondary N) is 1. The Kier molecular flexibility index (Phi) is 5.27. The van der Waals surface area contributed by atoms with E-state index in [0.29, 0.717) is 19.1 Å². The van der Waals surface area contributed by atoms with E-state index in [1.807, 2.05) is 11.0 Å². The van der Waals surface area contributed by atoms with Crippen LogP contribution in [0, 0.1) is 0 Å². The first-order valence-electron chi connectivity index (χ1n) is 8.93. The number of rotatable bonds is 4. The van der Waals surface area contributed by atoms with Gasteiger partial charge < -0.3 is 19.9 Å². The summed E-state index contributed by atoms with van der Waals surface area (Å²) >= 11 is 0. The Hall–Kier alpha value is -2.08. The van der Waals surface area contributed by atoms with Gasteiger partial charge in [-0.05, 0) is 31.4 Å². The number of likely N-dealkylation sites (N-methyl/N-ethyl adjacent to an activating group) is 1. The number of para-hydroxylation sites is 1. The molecule has 1 aromatic rings. The second kappa shape index (κ2) is 7.44. The molecule has 1 spiro atoms. The van der Waals surface area contributed by atoms with Crippen LogP contribution in [0.4, 0.5) is 5.69 Å². The summed E-state index contributed by atoms with van der Waals surface area (Å²) in [4.78, 5) is 27.2. The Morgan fingerprint density at radius 1 is 1.28 bits per heavy atom. The maximum Gasteiger partial charge on any atom is 0.241 e. The first-order valence-corrected chi connectivity index (χ1v) is 8.93. The fraction of sp³-hybridized carbons (Fsp3) is 0.579. The molecule has 1 atom stereocenters. The van der Waals surface area contributed by atoms with E-state index in [2.05, 4.69) is 41.5 Å². The highest BCUT2D eigenvalue weighted by Gasteiger charge is 2.44. The number of anilines is 1. The van der Waals surface area contributed by atoms with E-state index in [1.165, 1.54) is 12.6 Å². The molecule has 2 saturated heterocycles. The Balaban J connectivity index is 1.52. The summed E-state index contributed by atoms with van der Waals surface area (Å²) < 4.78 is 6.21. The van der Waals surface area contributed by atoms with Crippen molar-refractivity contribution in [1.82, 2.24) is 10.2 Å². The molecule has 2 aliphatic heterocycles. The molecule has 1 aromatic carbocycles. The molecule has 0 bridgehead atoms. The van der Waals surface area contributed by atoms with Crippen molar-refractivity contribution >= 4 is 17.5 Å². The van der Waals surface area contributed by atoms with Gasteiger partial charge in [-0.15, -0.1) is 0 Å². The third kappa shape index (κ3) is 4.12. The van der Waals surface area contributed by atoms with E-state index in [4.69, 9.17) is 4.74 Å². The van der Waals surface area contributed by atoms with Gasteiger partial charge in [0.05, 0.1) is 24.8 Å². The van der Waals surface area contributed by atoms with Crippen molar-refractivity contribution in [3.8, 4) is 0 Å². The summed E-state index contributed by atoms with van der Waals surface area (Å²) in [6.07, 6.45) is 2.71. The summed E-state index contributed by atoms with van der Waals surface area (Å²) in [6, 6.07) is 10.7. The summed E-state index contributed by atoms with van der Waals surface area (Å²) in [5.74, 6) is -0.186. The van der Waals surface area contributed by atoms with Crippen LogP contribution in [0.1, 0.15) is 26.2 Å². The molecule has 2 fully saturated rings. The fourth-order valence-electron chi connectivity index (χ4n) is 3.77. The maximum atomic E-state index is 12.1. The summed E-state index contributed by atoms with van der Waals surface area (Å²) in [5.41, 5.74) is 1.09. The molecule has 25 heavy (non-hydrogen) atoms. The minimum Gasteiger partial charge on any atom is -0.373 e. The Morgan fingerprint density at radius 3 is 2.60 bits per heavy atom. The average Bonchev–Trinajstić information content (AvgIpc) is 3.04. The van der Waals surface area contributed by atoms with E-state index in [0.717, 1.165) is 25.9 Å². The number of likely N-dealkylation sites (tertiary alicyclic amines) is 1. The number of ether oxygens (including phenoxy) is 1. The van der Waals surface area contributed by atoms with Gasteiger partial charge in [-0.1, -0.05) is 18.2 Å². The van der Waals surface area contributed by atoms with Crippen molar-refractivity contribution in [3.63, 3.8) is 0 Å². The lowest BCUT2D eigenvalue weighted by Gasteiger charge is -2.39. The van der Waals surface area contributed by atoms with E-state index in [-0.39, 0.29) is 24.0 Å². The number of piperidine rings is 1. The third-order valence-electron chi connectivity index (χ3n) is 5.42. The van der Waals surface area contributed by atoms with Gasteiger partial charge in [-0.2, -0.15) is 0 Å². The van der Waals surface area contributed by atoms with Gasteiger partial charge in [0, 0.05) is 32.7 Å².